The maximum Gasteiger partial charge on any atom is 0.247 e. The van der Waals surface area contributed by atoms with Crippen molar-refractivity contribution in [2.45, 2.75) is 25.9 Å². The first-order valence-corrected chi connectivity index (χ1v) is 7.29. The van der Waals surface area contributed by atoms with Crippen molar-refractivity contribution in [3.8, 4) is 0 Å². The van der Waals surface area contributed by atoms with Gasteiger partial charge in [0.2, 0.25) is 5.91 Å². The van der Waals surface area contributed by atoms with Gasteiger partial charge in [-0.3, -0.25) is 4.79 Å². The molecule has 0 spiro atoms. The summed E-state index contributed by atoms with van der Waals surface area (Å²) >= 11 is 6.26. The lowest BCUT2D eigenvalue weighted by Crippen LogP contribution is -2.63. The van der Waals surface area contributed by atoms with Crippen molar-refractivity contribution in [2.75, 3.05) is 4.90 Å². The number of rotatable bonds is 2. The van der Waals surface area contributed by atoms with Gasteiger partial charge in [-0.1, -0.05) is 35.9 Å². The van der Waals surface area contributed by atoms with Crippen LogP contribution in [0.4, 0.5) is 5.69 Å². The molecular formula is C17H17ClN2O. The standard InChI is InChI=1S/C17H17ClN2O/c1-10-7-8-12(9-11(10)2)20-16(15(19)17(20)21)13-5-3-4-6-14(13)18/h3-9,15-16H,19H2,1-2H3/t15-,16-/m0/s1. The van der Waals surface area contributed by atoms with Crippen molar-refractivity contribution < 1.29 is 4.79 Å². The topological polar surface area (TPSA) is 46.3 Å². The van der Waals surface area contributed by atoms with Crippen LogP contribution >= 0.6 is 11.6 Å². The Hall–Kier alpha value is -1.84. The maximum absolute atomic E-state index is 12.2. The predicted molar refractivity (Wildman–Crippen MR) is 85.6 cm³/mol. The Morgan fingerprint density at radius 2 is 1.81 bits per heavy atom. The molecule has 0 aliphatic carbocycles. The van der Waals surface area contributed by atoms with Crippen LogP contribution in [0.5, 0.6) is 0 Å². The zero-order valence-corrected chi connectivity index (χ0v) is 12.8. The molecule has 108 valence electrons. The number of anilines is 1. The quantitative estimate of drug-likeness (QED) is 0.864. The van der Waals surface area contributed by atoms with Crippen LogP contribution in [0.3, 0.4) is 0 Å². The third-order valence-electron chi connectivity index (χ3n) is 4.13. The average Bonchev–Trinajstić information content (AvgIpc) is 2.48. The molecule has 1 aliphatic rings. The highest BCUT2D eigenvalue weighted by Gasteiger charge is 2.47. The van der Waals surface area contributed by atoms with E-state index in [1.165, 1.54) is 5.56 Å². The summed E-state index contributed by atoms with van der Waals surface area (Å²) in [5.41, 5.74) is 10.1. The van der Waals surface area contributed by atoms with Crippen LogP contribution in [-0.2, 0) is 4.79 Å². The first-order chi connectivity index (χ1) is 10.0. The van der Waals surface area contributed by atoms with E-state index in [9.17, 15) is 4.79 Å². The molecule has 3 nitrogen and oxygen atoms in total. The fourth-order valence-electron chi connectivity index (χ4n) is 2.72. The zero-order chi connectivity index (χ0) is 15.1. The van der Waals surface area contributed by atoms with E-state index in [1.807, 2.05) is 56.3 Å². The van der Waals surface area contributed by atoms with E-state index in [4.69, 9.17) is 17.3 Å². The van der Waals surface area contributed by atoms with E-state index in [1.54, 1.807) is 4.90 Å². The third kappa shape index (κ3) is 2.23. The highest BCUT2D eigenvalue weighted by molar-refractivity contribution is 6.31. The second kappa shape index (κ2) is 5.17. The van der Waals surface area contributed by atoms with Gasteiger partial charge in [-0.15, -0.1) is 0 Å². The van der Waals surface area contributed by atoms with E-state index < -0.39 is 6.04 Å². The van der Waals surface area contributed by atoms with Crippen molar-refractivity contribution in [3.63, 3.8) is 0 Å². The number of β-lactam (4-membered cyclic amide) rings is 1. The Bertz CT molecular complexity index is 714. The van der Waals surface area contributed by atoms with Crippen molar-refractivity contribution in [1.29, 1.82) is 0 Å². The number of hydrogen-bond acceptors (Lipinski definition) is 2. The van der Waals surface area contributed by atoms with Crippen LogP contribution in [-0.4, -0.2) is 11.9 Å². The molecule has 2 aromatic carbocycles. The van der Waals surface area contributed by atoms with Gasteiger partial charge in [-0.2, -0.15) is 0 Å². The highest BCUT2D eigenvalue weighted by Crippen LogP contribution is 2.40. The van der Waals surface area contributed by atoms with E-state index in [-0.39, 0.29) is 11.9 Å². The predicted octanol–water partition coefficient (Wildman–Crippen LogP) is 3.37. The summed E-state index contributed by atoms with van der Waals surface area (Å²) in [6.07, 6.45) is 0. The van der Waals surface area contributed by atoms with Crippen LogP contribution < -0.4 is 10.6 Å². The molecule has 0 saturated carbocycles. The first kappa shape index (κ1) is 14.1. The number of carbonyl (C=O) groups excluding carboxylic acids is 1. The number of aryl methyl sites for hydroxylation is 2. The van der Waals surface area contributed by atoms with Crippen LogP contribution in [0.25, 0.3) is 0 Å². The Balaban J connectivity index is 2.02. The second-order valence-corrected chi connectivity index (χ2v) is 5.88. The van der Waals surface area contributed by atoms with E-state index in [2.05, 4.69) is 0 Å². The van der Waals surface area contributed by atoms with Gasteiger partial charge < -0.3 is 10.6 Å². The van der Waals surface area contributed by atoms with E-state index in [0.717, 1.165) is 16.8 Å². The number of nitrogens with zero attached hydrogens (tertiary/aromatic N) is 1. The molecule has 4 heteroatoms. The first-order valence-electron chi connectivity index (χ1n) is 6.91. The van der Waals surface area contributed by atoms with Crippen molar-refractivity contribution in [2.24, 2.45) is 5.73 Å². The monoisotopic (exact) mass is 300 g/mol. The number of hydrogen-bond donors (Lipinski definition) is 1. The number of halogens is 1. The fraction of sp³-hybridized carbons (Fsp3) is 0.235. The Morgan fingerprint density at radius 3 is 2.48 bits per heavy atom. The molecular weight excluding hydrogens is 284 g/mol. The highest BCUT2D eigenvalue weighted by atomic mass is 35.5. The number of amides is 1. The molecule has 0 aromatic heterocycles. The minimum Gasteiger partial charge on any atom is -0.318 e. The molecule has 1 saturated heterocycles. The molecule has 1 aliphatic heterocycles. The van der Waals surface area contributed by atoms with Crippen molar-refractivity contribution in [3.05, 3.63) is 64.2 Å². The molecule has 0 bridgehead atoms. The molecule has 0 radical (unpaired) electrons. The average molecular weight is 301 g/mol. The molecule has 1 heterocycles. The molecule has 1 fully saturated rings. The Morgan fingerprint density at radius 1 is 1.10 bits per heavy atom. The molecule has 2 atom stereocenters. The van der Waals surface area contributed by atoms with Crippen molar-refractivity contribution in [1.82, 2.24) is 0 Å². The van der Waals surface area contributed by atoms with Crippen LogP contribution in [0, 0.1) is 13.8 Å². The van der Waals surface area contributed by atoms with Gasteiger partial charge in [0.25, 0.3) is 0 Å². The summed E-state index contributed by atoms with van der Waals surface area (Å²) in [5, 5.41) is 0.638. The van der Waals surface area contributed by atoms with E-state index >= 15 is 0 Å². The smallest absolute Gasteiger partial charge is 0.247 e. The Labute approximate surface area is 129 Å². The summed E-state index contributed by atoms with van der Waals surface area (Å²) in [6.45, 7) is 4.09. The summed E-state index contributed by atoms with van der Waals surface area (Å²) in [7, 11) is 0. The fourth-order valence-corrected chi connectivity index (χ4v) is 2.97. The number of nitrogens with two attached hydrogens (primary N) is 1. The normalized spacial score (nSPS) is 21.3. The van der Waals surface area contributed by atoms with Gasteiger partial charge >= 0.3 is 0 Å². The van der Waals surface area contributed by atoms with Gasteiger partial charge in [-0.05, 0) is 48.7 Å². The number of benzene rings is 2. The molecule has 3 rings (SSSR count). The van der Waals surface area contributed by atoms with E-state index in [0.29, 0.717) is 5.02 Å². The zero-order valence-electron chi connectivity index (χ0n) is 12.0. The summed E-state index contributed by atoms with van der Waals surface area (Å²) < 4.78 is 0. The molecule has 2 aromatic rings. The van der Waals surface area contributed by atoms with Gasteiger partial charge in [0.05, 0.1) is 6.04 Å². The lowest BCUT2D eigenvalue weighted by Gasteiger charge is -2.46. The largest absolute Gasteiger partial charge is 0.318 e. The second-order valence-electron chi connectivity index (χ2n) is 5.47. The van der Waals surface area contributed by atoms with Crippen molar-refractivity contribution >= 4 is 23.2 Å². The maximum atomic E-state index is 12.2. The molecule has 0 unspecified atom stereocenters. The van der Waals surface area contributed by atoms with Gasteiger partial charge in [0, 0.05) is 10.7 Å². The Kier molecular flexibility index (Phi) is 3.47. The van der Waals surface area contributed by atoms with Gasteiger partial charge in [0.15, 0.2) is 0 Å². The summed E-state index contributed by atoms with van der Waals surface area (Å²) in [6, 6.07) is 12.8. The molecule has 2 N–H and O–H groups in total. The lowest BCUT2D eigenvalue weighted by atomic mass is 9.88. The van der Waals surface area contributed by atoms with Crippen LogP contribution in [0.1, 0.15) is 22.7 Å². The molecule has 1 amide bonds. The minimum atomic E-state index is -0.536. The SMILES string of the molecule is Cc1ccc(N2C(=O)[C@@H](N)[C@@H]2c2ccccc2Cl)cc1C. The van der Waals surface area contributed by atoms with Crippen LogP contribution in [0.2, 0.25) is 5.02 Å². The van der Waals surface area contributed by atoms with Gasteiger partial charge in [-0.25, -0.2) is 0 Å². The summed E-state index contributed by atoms with van der Waals surface area (Å²) in [4.78, 5) is 13.9. The van der Waals surface area contributed by atoms with Gasteiger partial charge in [0.1, 0.15) is 6.04 Å². The number of carbonyl (C=O) groups is 1. The molecule has 21 heavy (non-hydrogen) atoms. The van der Waals surface area contributed by atoms with Crippen LogP contribution in [0.15, 0.2) is 42.5 Å². The third-order valence-corrected chi connectivity index (χ3v) is 4.48. The minimum absolute atomic E-state index is 0.0665. The lowest BCUT2D eigenvalue weighted by molar-refractivity contribution is -0.126. The summed E-state index contributed by atoms with van der Waals surface area (Å²) in [5.74, 6) is -0.0665.